The van der Waals surface area contributed by atoms with Crippen LogP contribution in [-0.2, 0) is 14.3 Å². The quantitative estimate of drug-likeness (QED) is 0.540. The number of esters is 1. The fourth-order valence-corrected chi connectivity index (χ4v) is 1.52. The summed E-state index contributed by atoms with van der Waals surface area (Å²) in [6.07, 6.45) is 0.262. The van der Waals surface area contributed by atoms with Gasteiger partial charge >= 0.3 is 5.97 Å². The molecule has 0 heterocycles. The molecule has 0 fully saturated rings. The van der Waals surface area contributed by atoms with E-state index in [1.54, 1.807) is 38.3 Å². The van der Waals surface area contributed by atoms with Gasteiger partial charge in [-0.05, 0) is 44.5 Å². The second-order valence-corrected chi connectivity index (χ2v) is 4.41. The smallest absolute Gasteiger partial charge is 0.347 e. The van der Waals surface area contributed by atoms with Gasteiger partial charge in [-0.3, -0.25) is 0 Å². The van der Waals surface area contributed by atoms with Gasteiger partial charge in [0.1, 0.15) is 17.3 Å². The van der Waals surface area contributed by atoms with Gasteiger partial charge in [0.25, 0.3) is 0 Å². The first-order valence-electron chi connectivity index (χ1n) is 6.49. The fourth-order valence-electron chi connectivity index (χ4n) is 1.52. The van der Waals surface area contributed by atoms with E-state index in [0.29, 0.717) is 18.6 Å². The largest absolute Gasteiger partial charge is 0.497 e. The van der Waals surface area contributed by atoms with E-state index in [0.717, 1.165) is 5.75 Å². The van der Waals surface area contributed by atoms with Crippen LogP contribution < -0.4 is 9.47 Å². The lowest BCUT2D eigenvalue weighted by atomic mass is 10.2. The minimum Gasteiger partial charge on any atom is -0.497 e. The number of methoxy groups -OCH3 is 1. The van der Waals surface area contributed by atoms with Crippen molar-refractivity contribution in [1.82, 2.24) is 0 Å². The Bertz CT molecular complexity index is 438. The SMILES string of the molecule is COc1ccc(OC(C)C(=O)OCCCC(C)=O)cc1. The average molecular weight is 280 g/mol. The Kier molecular flexibility index (Phi) is 6.56. The molecule has 1 aromatic rings. The summed E-state index contributed by atoms with van der Waals surface area (Å²) in [5.74, 6) is 0.934. The lowest BCUT2D eigenvalue weighted by molar-refractivity contribution is -0.151. The summed E-state index contributed by atoms with van der Waals surface area (Å²) in [6.45, 7) is 3.36. The normalized spacial score (nSPS) is 11.6. The third kappa shape index (κ3) is 5.73. The van der Waals surface area contributed by atoms with Crippen molar-refractivity contribution in [1.29, 1.82) is 0 Å². The Morgan fingerprint density at radius 1 is 1.15 bits per heavy atom. The first kappa shape index (κ1) is 16.0. The molecule has 0 bridgehead atoms. The zero-order chi connectivity index (χ0) is 15.0. The van der Waals surface area contributed by atoms with Crippen LogP contribution in [0.15, 0.2) is 24.3 Å². The zero-order valence-electron chi connectivity index (χ0n) is 12.0. The lowest BCUT2D eigenvalue weighted by Crippen LogP contribution is -2.26. The molecule has 0 N–H and O–H groups in total. The second-order valence-electron chi connectivity index (χ2n) is 4.41. The predicted octanol–water partition coefficient (Wildman–Crippen LogP) is 2.37. The Labute approximate surface area is 118 Å². The number of hydrogen-bond donors (Lipinski definition) is 0. The van der Waals surface area contributed by atoms with Gasteiger partial charge < -0.3 is 19.0 Å². The first-order chi connectivity index (χ1) is 9.52. The van der Waals surface area contributed by atoms with Crippen LogP contribution in [0, 0.1) is 0 Å². The molecule has 0 spiro atoms. The van der Waals surface area contributed by atoms with Crippen LogP contribution in [0.1, 0.15) is 26.7 Å². The van der Waals surface area contributed by atoms with Crippen molar-refractivity contribution in [3.63, 3.8) is 0 Å². The third-order valence-corrected chi connectivity index (χ3v) is 2.62. The Balaban J connectivity index is 2.34. The summed E-state index contributed by atoms with van der Waals surface area (Å²) >= 11 is 0. The molecule has 0 aliphatic carbocycles. The number of benzene rings is 1. The topological polar surface area (TPSA) is 61.8 Å². The Morgan fingerprint density at radius 2 is 1.75 bits per heavy atom. The molecule has 110 valence electrons. The van der Waals surface area contributed by atoms with Gasteiger partial charge in [0.15, 0.2) is 6.10 Å². The number of carbonyl (C=O) groups excluding carboxylic acids is 2. The summed E-state index contributed by atoms with van der Waals surface area (Å²) in [4.78, 5) is 22.4. The van der Waals surface area contributed by atoms with Crippen molar-refractivity contribution < 1.29 is 23.8 Å². The van der Waals surface area contributed by atoms with Crippen LogP contribution in [0.4, 0.5) is 0 Å². The highest BCUT2D eigenvalue weighted by Gasteiger charge is 2.16. The van der Waals surface area contributed by atoms with Crippen molar-refractivity contribution >= 4 is 11.8 Å². The highest BCUT2D eigenvalue weighted by atomic mass is 16.6. The maximum absolute atomic E-state index is 11.7. The Morgan fingerprint density at radius 3 is 2.30 bits per heavy atom. The lowest BCUT2D eigenvalue weighted by Gasteiger charge is -2.14. The van der Waals surface area contributed by atoms with E-state index in [1.165, 1.54) is 6.92 Å². The van der Waals surface area contributed by atoms with Gasteiger partial charge in [0.05, 0.1) is 13.7 Å². The number of ether oxygens (including phenoxy) is 3. The first-order valence-corrected chi connectivity index (χ1v) is 6.49. The van der Waals surface area contributed by atoms with E-state index in [4.69, 9.17) is 14.2 Å². The van der Waals surface area contributed by atoms with Gasteiger partial charge in [0, 0.05) is 6.42 Å². The molecule has 1 atom stereocenters. The van der Waals surface area contributed by atoms with Gasteiger partial charge in [-0.25, -0.2) is 4.79 Å². The molecule has 0 aliphatic rings. The number of rotatable bonds is 8. The maximum atomic E-state index is 11.7. The highest BCUT2D eigenvalue weighted by molar-refractivity contribution is 5.76. The fraction of sp³-hybridized carbons (Fsp3) is 0.467. The highest BCUT2D eigenvalue weighted by Crippen LogP contribution is 2.18. The van der Waals surface area contributed by atoms with E-state index in [2.05, 4.69) is 0 Å². The van der Waals surface area contributed by atoms with Crippen molar-refractivity contribution in [2.24, 2.45) is 0 Å². The van der Waals surface area contributed by atoms with E-state index < -0.39 is 12.1 Å². The summed E-state index contributed by atoms with van der Waals surface area (Å²) in [7, 11) is 1.58. The Hall–Kier alpha value is -2.04. The summed E-state index contributed by atoms with van der Waals surface area (Å²) in [5, 5.41) is 0. The third-order valence-electron chi connectivity index (χ3n) is 2.62. The molecule has 0 saturated carbocycles. The predicted molar refractivity (Wildman–Crippen MR) is 74.0 cm³/mol. The molecule has 1 unspecified atom stereocenters. The van der Waals surface area contributed by atoms with Crippen molar-refractivity contribution in [2.75, 3.05) is 13.7 Å². The number of carbonyl (C=O) groups is 2. The molecule has 1 rings (SSSR count). The standard InChI is InChI=1S/C15H20O5/c1-11(16)5-4-10-19-15(17)12(2)20-14-8-6-13(18-3)7-9-14/h6-9,12H,4-5,10H2,1-3H3. The molecular formula is C15H20O5. The van der Waals surface area contributed by atoms with Crippen LogP contribution in [0.5, 0.6) is 11.5 Å². The van der Waals surface area contributed by atoms with E-state index >= 15 is 0 Å². The van der Waals surface area contributed by atoms with Gasteiger partial charge in [-0.1, -0.05) is 0 Å². The molecule has 0 aliphatic heterocycles. The van der Waals surface area contributed by atoms with Gasteiger partial charge in [-0.2, -0.15) is 0 Å². The summed E-state index contributed by atoms with van der Waals surface area (Å²) < 4.78 is 15.5. The molecule has 5 nitrogen and oxygen atoms in total. The maximum Gasteiger partial charge on any atom is 0.347 e. The van der Waals surface area contributed by atoms with Gasteiger partial charge in [0.2, 0.25) is 0 Å². The van der Waals surface area contributed by atoms with Crippen LogP contribution in [0.3, 0.4) is 0 Å². The van der Waals surface area contributed by atoms with E-state index in [9.17, 15) is 9.59 Å². The monoisotopic (exact) mass is 280 g/mol. The molecule has 0 amide bonds. The van der Waals surface area contributed by atoms with E-state index in [-0.39, 0.29) is 12.4 Å². The minimum atomic E-state index is -0.694. The summed E-state index contributed by atoms with van der Waals surface area (Å²) in [5.41, 5.74) is 0. The molecule has 0 radical (unpaired) electrons. The molecular weight excluding hydrogens is 260 g/mol. The molecule has 0 aromatic heterocycles. The molecule has 1 aromatic carbocycles. The molecule has 20 heavy (non-hydrogen) atoms. The van der Waals surface area contributed by atoms with Crippen molar-refractivity contribution in [2.45, 2.75) is 32.8 Å². The molecule has 5 heteroatoms. The number of hydrogen-bond acceptors (Lipinski definition) is 5. The average Bonchev–Trinajstić information content (AvgIpc) is 2.44. The zero-order valence-corrected chi connectivity index (χ0v) is 12.0. The number of Topliss-reactive ketones (excluding diaryl/α,β-unsaturated/α-hetero) is 1. The van der Waals surface area contributed by atoms with Crippen LogP contribution in [0.2, 0.25) is 0 Å². The van der Waals surface area contributed by atoms with Crippen molar-refractivity contribution in [3.8, 4) is 11.5 Å². The van der Waals surface area contributed by atoms with Crippen LogP contribution in [0.25, 0.3) is 0 Å². The molecule has 0 saturated heterocycles. The second kappa shape index (κ2) is 8.19. The van der Waals surface area contributed by atoms with Crippen molar-refractivity contribution in [3.05, 3.63) is 24.3 Å². The van der Waals surface area contributed by atoms with E-state index in [1.807, 2.05) is 0 Å². The van der Waals surface area contributed by atoms with Crippen LogP contribution >= 0.6 is 0 Å². The van der Waals surface area contributed by atoms with Gasteiger partial charge in [-0.15, -0.1) is 0 Å². The summed E-state index contributed by atoms with van der Waals surface area (Å²) in [6, 6.07) is 6.94. The van der Waals surface area contributed by atoms with Crippen LogP contribution in [-0.4, -0.2) is 31.6 Å². The number of ketones is 1. The minimum absolute atomic E-state index is 0.0866.